The Morgan fingerprint density at radius 2 is 1.43 bits per heavy atom. The van der Waals surface area contributed by atoms with Crippen LogP contribution in [0.1, 0.15) is 0 Å². The van der Waals surface area contributed by atoms with Gasteiger partial charge in [0.25, 0.3) is 0 Å². The van der Waals surface area contributed by atoms with Gasteiger partial charge in [0.1, 0.15) is 0 Å². The van der Waals surface area contributed by atoms with Crippen molar-refractivity contribution in [1.82, 2.24) is 6.15 Å². The number of nitrogens with zero attached hydrogens (tertiary/aromatic N) is 3. The zero-order valence-electron chi connectivity index (χ0n) is 11.1. The Balaban J connectivity index is 0.00000115. The molecule has 0 aromatic heterocycles. The van der Waals surface area contributed by atoms with E-state index in [0.717, 1.165) is 22.1 Å². The van der Waals surface area contributed by atoms with Gasteiger partial charge in [0.2, 0.25) is 0 Å². The molecule has 0 atom stereocenters. The second-order valence-electron chi connectivity index (χ2n) is 5.11. The van der Waals surface area contributed by atoms with Gasteiger partial charge in [0.15, 0.2) is 0 Å². The molecule has 0 spiro atoms. The summed E-state index contributed by atoms with van der Waals surface area (Å²) >= 11 is 0. The van der Waals surface area contributed by atoms with Crippen molar-refractivity contribution in [2.75, 3.05) is 0 Å². The van der Waals surface area contributed by atoms with E-state index in [0.29, 0.717) is 0 Å². The lowest BCUT2D eigenvalue weighted by atomic mass is 10.0. The lowest BCUT2D eigenvalue weighted by Gasteiger charge is -2.01. The molecule has 0 unspecified atom stereocenters. The van der Waals surface area contributed by atoms with Crippen molar-refractivity contribution >= 4 is 11.4 Å². The Hall–Kier alpha value is -2.78. The number of fused-ring (bicyclic) bond motifs is 6. The predicted octanol–water partition coefficient (Wildman–Crippen LogP) is 2.69. The van der Waals surface area contributed by atoms with Crippen LogP contribution in [0, 0.1) is 10.4 Å². The van der Waals surface area contributed by atoms with Crippen LogP contribution >= 0.6 is 0 Å². The summed E-state index contributed by atoms with van der Waals surface area (Å²) in [4.78, 5) is 9.52. The van der Waals surface area contributed by atoms with Gasteiger partial charge >= 0.3 is 0 Å². The molecule has 0 N–H and O–H groups in total. The number of para-hydroxylation sites is 2. The molecule has 2 aliphatic rings. The summed E-state index contributed by atoms with van der Waals surface area (Å²) in [5, 5.41) is 4.52. The smallest absolute Gasteiger partial charge is 0.0817 e. The first-order valence-corrected chi connectivity index (χ1v) is 6.71. The largest absolute Gasteiger partial charge is 0.248 e. The van der Waals surface area contributed by atoms with Crippen LogP contribution in [-0.4, -0.2) is 0 Å². The molecule has 0 saturated carbocycles. The first-order chi connectivity index (χ1) is 9.92. The van der Waals surface area contributed by atoms with Crippen LogP contribution in [0.25, 0.3) is 11.1 Å². The van der Waals surface area contributed by atoms with E-state index in [1.165, 1.54) is 21.6 Å². The number of benzene rings is 3. The van der Waals surface area contributed by atoms with E-state index >= 15 is 0 Å². The van der Waals surface area contributed by atoms with E-state index in [1.807, 2.05) is 12.1 Å². The summed E-state index contributed by atoms with van der Waals surface area (Å²) < 4.78 is 0. The van der Waals surface area contributed by atoms with Gasteiger partial charge in [0.05, 0.1) is 22.1 Å². The molecule has 21 heavy (non-hydrogen) atoms. The normalized spacial score (nSPS) is 12.2. The Morgan fingerprint density at radius 1 is 0.619 bits per heavy atom. The fraction of sp³-hybridized carbons (Fsp3) is 0. The average Bonchev–Trinajstić information content (AvgIpc) is 3.04. The summed E-state index contributed by atoms with van der Waals surface area (Å²) in [6.07, 6.45) is 0. The molecule has 0 fully saturated rings. The monoisotopic (exact) mass is 268 g/mol. The molecule has 0 aliphatic carbocycles. The van der Waals surface area contributed by atoms with Crippen molar-refractivity contribution in [2.24, 2.45) is 9.98 Å². The van der Waals surface area contributed by atoms with E-state index < -0.39 is 0 Å². The maximum Gasteiger partial charge on any atom is 0.0817 e. The molecule has 5 rings (SSSR count). The van der Waals surface area contributed by atoms with Crippen LogP contribution in [-0.2, 0) is 0 Å². The first-order valence-electron chi connectivity index (χ1n) is 6.71. The standard InChI is InChI=1S/C18H10N2.N/c1-3-7-14-11(5-1)12-9-10-16-17(18(12)20-14)13-6-2-4-8-15(13)19-16;/h1-10H;. The Kier molecular flexibility index (Phi) is 2.35. The van der Waals surface area contributed by atoms with Gasteiger partial charge in [-0.3, -0.25) is 0 Å². The second-order valence-corrected chi connectivity index (χ2v) is 5.11. The average molecular weight is 268 g/mol. The molecular formula is C18H10N3. The quantitative estimate of drug-likeness (QED) is 0.414. The van der Waals surface area contributed by atoms with Crippen LogP contribution < -0.4 is 16.9 Å². The van der Waals surface area contributed by atoms with Crippen LogP contribution in [0.2, 0.25) is 0 Å². The van der Waals surface area contributed by atoms with Crippen molar-refractivity contribution in [3.05, 3.63) is 81.8 Å². The highest BCUT2D eigenvalue weighted by Gasteiger charge is 2.19. The Morgan fingerprint density at radius 3 is 2.38 bits per heavy atom. The minimum Gasteiger partial charge on any atom is -0.248 e. The Bertz CT molecular complexity index is 1100. The zero-order valence-corrected chi connectivity index (χ0v) is 11.1. The lowest BCUT2D eigenvalue weighted by Crippen LogP contribution is -2.00. The van der Waals surface area contributed by atoms with Crippen LogP contribution in [0.15, 0.2) is 70.6 Å². The van der Waals surface area contributed by atoms with Gasteiger partial charge in [0, 0.05) is 27.7 Å². The predicted molar refractivity (Wildman–Crippen MR) is 79.8 cm³/mol. The summed E-state index contributed by atoms with van der Waals surface area (Å²) in [7, 11) is 0. The molecular weight excluding hydrogens is 258 g/mol. The van der Waals surface area contributed by atoms with Crippen molar-refractivity contribution < 1.29 is 0 Å². The van der Waals surface area contributed by atoms with Gasteiger partial charge in [-0.15, -0.1) is 0 Å². The molecule has 97 valence electrons. The van der Waals surface area contributed by atoms with Gasteiger partial charge in [-0.25, -0.2) is 9.98 Å². The molecule has 0 bridgehead atoms. The van der Waals surface area contributed by atoms with E-state index in [2.05, 4.69) is 48.5 Å². The molecule has 3 aromatic rings. The highest BCUT2D eigenvalue weighted by Crippen LogP contribution is 2.38. The van der Waals surface area contributed by atoms with Crippen molar-refractivity contribution in [1.29, 1.82) is 0 Å². The summed E-state index contributed by atoms with van der Waals surface area (Å²) in [6.45, 7) is 0. The highest BCUT2D eigenvalue weighted by molar-refractivity contribution is 5.86. The van der Waals surface area contributed by atoms with E-state index in [4.69, 9.17) is 9.98 Å². The molecule has 3 radical (unpaired) electrons. The second kappa shape index (κ2) is 4.11. The van der Waals surface area contributed by atoms with E-state index in [1.54, 1.807) is 0 Å². The first kappa shape index (κ1) is 12.0. The molecule has 0 saturated heterocycles. The van der Waals surface area contributed by atoms with Crippen LogP contribution in [0.5, 0.6) is 0 Å². The number of rotatable bonds is 0. The number of hydrogen-bond acceptors (Lipinski definition) is 2. The minimum absolute atomic E-state index is 0. The third-order valence-electron chi connectivity index (χ3n) is 4.00. The summed E-state index contributed by atoms with van der Waals surface area (Å²) in [5.41, 5.74) is 4.48. The topological polar surface area (TPSA) is 55.2 Å². The van der Waals surface area contributed by atoms with Gasteiger partial charge in [-0.05, 0) is 24.3 Å². The third-order valence-corrected chi connectivity index (χ3v) is 4.00. The van der Waals surface area contributed by atoms with Crippen molar-refractivity contribution in [2.45, 2.75) is 0 Å². The molecule has 2 aliphatic heterocycles. The third kappa shape index (κ3) is 1.46. The van der Waals surface area contributed by atoms with Gasteiger partial charge in [-0.1, -0.05) is 36.4 Å². The minimum atomic E-state index is 0. The molecule has 3 nitrogen and oxygen atoms in total. The van der Waals surface area contributed by atoms with Gasteiger partial charge in [-0.2, -0.15) is 0 Å². The summed E-state index contributed by atoms with van der Waals surface area (Å²) in [5.74, 6) is 0. The SMILES string of the molecule is [N].c1ccc2c(c1)N=c1ccc3c(c1-2)N=c1ccccc1=3. The van der Waals surface area contributed by atoms with Crippen LogP contribution in [0.4, 0.5) is 11.4 Å². The van der Waals surface area contributed by atoms with Gasteiger partial charge < -0.3 is 0 Å². The van der Waals surface area contributed by atoms with E-state index in [9.17, 15) is 0 Å². The molecule has 0 amide bonds. The van der Waals surface area contributed by atoms with Crippen LogP contribution in [0.3, 0.4) is 0 Å². The molecule has 2 heterocycles. The van der Waals surface area contributed by atoms with E-state index in [-0.39, 0.29) is 6.15 Å². The fourth-order valence-electron chi connectivity index (χ4n) is 3.10. The lowest BCUT2D eigenvalue weighted by molar-refractivity contribution is 1.36. The number of hydrogen-bond donors (Lipinski definition) is 0. The Labute approximate surface area is 121 Å². The molecule has 3 aromatic carbocycles. The molecule has 3 heteroatoms. The fourth-order valence-corrected chi connectivity index (χ4v) is 3.10. The van der Waals surface area contributed by atoms with Crippen molar-refractivity contribution in [3.63, 3.8) is 0 Å². The maximum atomic E-state index is 4.83. The zero-order chi connectivity index (χ0) is 13.1. The summed E-state index contributed by atoms with van der Waals surface area (Å²) in [6, 6.07) is 20.8. The highest BCUT2D eigenvalue weighted by atomic mass is 14.8. The maximum absolute atomic E-state index is 4.83. The van der Waals surface area contributed by atoms with Crippen molar-refractivity contribution in [3.8, 4) is 11.1 Å².